The minimum Gasteiger partial charge on any atom is -0.378 e. The normalized spacial score (nSPS) is 18.4. The van der Waals surface area contributed by atoms with E-state index in [-0.39, 0.29) is 6.04 Å². The molecule has 154 valence electrons. The fourth-order valence-corrected chi connectivity index (χ4v) is 4.51. The first-order chi connectivity index (χ1) is 15.4. The van der Waals surface area contributed by atoms with Gasteiger partial charge in [0.05, 0.1) is 13.2 Å². The summed E-state index contributed by atoms with van der Waals surface area (Å²) >= 11 is 0. The number of morpholine rings is 1. The number of nitrogens with zero attached hydrogens (tertiary/aromatic N) is 4. The second-order valence-electron chi connectivity index (χ2n) is 7.89. The van der Waals surface area contributed by atoms with Crippen molar-refractivity contribution in [3.05, 3.63) is 90.3 Å². The van der Waals surface area contributed by atoms with Crippen LogP contribution in [0.15, 0.2) is 79.1 Å². The molecule has 3 heterocycles. The van der Waals surface area contributed by atoms with Crippen LogP contribution in [0.2, 0.25) is 0 Å². The van der Waals surface area contributed by atoms with Gasteiger partial charge in [-0.2, -0.15) is 10.1 Å². The van der Waals surface area contributed by atoms with Crippen LogP contribution in [-0.4, -0.2) is 41.1 Å². The molecule has 1 saturated heterocycles. The van der Waals surface area contributed by atoms with E-state index in [2.05, 4.69) is 93.1 Å². The summed E-state index contributed by atoms with van der Waals surface area (Å²) in [6, 6.07) is 23.6. The van der Waals surface area contributed by atoms with E-state index in [4.69, 9.17) is 4.74 Å². The Labute approximate surface area is 180 Å². The fraction of sp³-hybridized carbons (Fsp3) is 0.200. The second-order valence-corrected chi connectivity index (χ2v) is 7.89. The minimum absolute atomic E-state index is 0.0289. The van der Waals surface area contributed by atoms with Crippen molar-refractivity contribution in [3.63, 3.8) is 0 Å². The molecule has 6 rings (SSSR count). The third-order valence-corrected chi connectivity index (χ3v) is 6.10. The number of fused-ring (bicyclic) bond motifs is 2. The Hall–Kier alpha value is -3.64. The lowest BCUT2D eigenvalue weighted by atomic mass is 9.96. The van der Waals surface area contributed by atoms with Crippen LogP contribution in [-0.2, 0) is 4.74 Å². The third kappa shape index (κ3) is 3.25. The molecule has 1 N–H and O–H groups in total. The Morgan fingerprint density at radius 2 is 1.71 bits per heavy atom. The van der Waals surface area contributed by atoms with Crippen LogP contribution in [0.5, 0.6) is 0 Å². The van der Waals surface area contributed by atoms with Crippen molar-refractivity contribution in [1.82, 2.24) is 14.8 Å². The van der Waals surface area contributed by atoms with Gasteiger partial charge in [0.1, 0.15) is 12.4 Å². The highest BCUT2D eigenvalue weighted by molar-refractivity contribution is 5.87. The van der Waals surface area contributed by atoms with Gasteiger partial charge < -0.3 is 15.0 Å². The minimum atomic E-state index is -0.0289. The van der Waals surface area contributed by atoms with Crippen LogP contribution in [0.25, 0.3) is 16.5 Å². The van der Waals surface area contributed by atoms with Crippen molar-refractivity contribution < 1.29 is 4.74 Å². The monoisotopic (exact) mass is 409 g/mol. The molecule has 6 nitrogen and oxygen atoms in total. The molecule has 2 aliphatic heterocycles. The third-order valence-electron chi connectivity index (χ3n) is 6.10. The largest absolute Gasteiger partial charge is 0.378 e. The predicted molar refractivity (Wildman–Crippen MR) is 123 cm³/mol. The van der Waals surface area contributed by atoms with Gasteiger partial charge in [0.25, 0.3) is 0 Å². The highest BCUT2D eigenvalue weighted by Crippen LogP contribution is 2.35. The number of allylic oxidation sites excluding steroid dienone is 1. The Morgan fingerprint density at radius 1 is 0.903 bits per heavy atom. The lowest BCUT2D eigenvalue weighted by Crippen LogP contribution is -2.36. The van der Waals surface area contributed by atoms with Gasteiger partial charge in [-0.05, 0) is 40.1 Å². The van der Waals surface area contributed by atoms with Crippen molar-refractivity contribution in [3.8, 4) is 0 Å². The number of hydrogen-bond donors (Lipinski definition) is 1. The zero-order valence-corrected chi connectivity index (χ0v) is 17.1. The molecule has 1 fully saturated rings. The summed E-state index contributed by atoms with van der Waals surface area (Å²) in [5.74, 6) is 0.757. The van der Waals surface area contributed by atoms with Gasteiger partial charge in [-0.15, -0.1) is 0 Å². The van der Waals surface area contributed by atoms with Crippen LogP contribution in [0.3, 0.4) is 0 Å². The summed E-state index contributed by atoms with van der Waals surface area (Å²) in [4.78, 5) is 6.82. The van der Waals surface area contributed by atoms with Gasteiger partial charge in [0.15, 0.2) is 0 Å². The number of benzene rings is 3. The number of anilines is 2. The summed E-state index contributed by atoms with van der Waals surface area (Å²) in [5, 5.41) is 10.4. The number of aromatic nitrogens is 3. The molecule has 6 heteroatoms. The highest BCUT2D eigenvalue weighted by atomic mass is 16.5. The van der Waals surface area contributed by atoms with Gasteiger partial charge in [-0.3, -0.25) is 0 Å². The van der Waals surface area contributed by atoms with E-state index in [1.54, 1.807) is 6.33 Å². The molecule has 4 aromatic rings. The Morgan fingerprint density at radius 3 is 2.58 bits per heavy atom. The molecule has 0 radical (unpaired) electrons. The van der Waals surface area contributed by atoms with Crippen LogP contribution in [0.4, 0.5) is 11.6 Å². The van der Waals surface area contributed by atoms with Crippen molar-refractivity contribution in [2.75, 3.05) is 36.5 Å². The molecule has 0 amide bonds. The Bertz CT molecular complexity index is 1250. The van der Waals surface area contributed by atoms with Crippen LogP contribution < -0.4 is 10.2 Å². The van der Waals surface area contributed by atoms with E-state index in [0.29, 0.717) is 0 Å². The molecule has 0 aliphatic carbocycles. The van der Waals surface area contributed by atoms with E-state index >= 15 is 0 Å². The maximum Gasteiger partial charge on any atom is 0.226 e. The maximum atomic E-state index is 5.47. The zero-order valence-electron chi connectivity index (χ0n) is 17.1. The van der Waals surface area contributed by atoms with E-state index in [0.717, 1.165) is 43.5 Å². The number of nitrogens with one attached hydrogen (secondary N) is 1. The first kappa shape index (κ1) is 18.2. The Kier molecular flexibility index (Phi) is 4.43. The molecule has 0 saturated carbocycles. The van der Waals surface area contributed by atoms with Gasteiger partial charge in [-0.25, -0.2) is 4.68 Å². The second kappa shape index (κ2) is 7.56. The number of ether oxygens (including phenoxy) is 1. The first-order valence-electron chi connectivity index (χ1n) is 10.7. The van der Waals surface area contributed by atoms with E-state index in [1.807, 2.05) is 4.68 Å². The smallest absolute Gasteiger partial charge is 0.226 e. The molecule has 1 atom stereocenters. The SMILES string of the molecule is C1=C(c2ccc(N3CCOCC3)cc2)Nc2ncnn2[C@H]1c1cccc2ccccc12. The number of rotatable bonds is 3. The van der Waals surface area contributed by atoms with Crippen LogP contribution in [0, 0.1) is 0 Å². The summed E-state index contributed by atoms with van der Waals surface area (Å²) < 4.78 is 7.43. The topological polar surface area (TPSA) is 55.2 Å². The highest BCUT2D eigenvalue weighted by Gasteiger charge is 2.24. The molecule has 0 bridgehead atoms. The quantitative estimate of drug-likeness (QED) is 0.546. The average Bonchev–Trinajstić information content (AvgIpc) is 3.33. The molecule has 1 aromatic heterocycles. The summed E-state index contributed by atoms with van der Waals surface area (Å²) in [6.45, 7) is 3.45. The molecule has 31 heavy (non-hydrogen) atoms. The van der Waals surface area contributed by atoms with Gasteiger partial charge >= 0.3 is 0 Å². The van der Waals surface area contributed by atoms with E-state index in [1.165, 1.54) is 22.0 Å². The summed E-state index contributed by atoms with van der Waals surface area (Å²) in [5.41, 5.74) is 4.63. The lowest BCUT2D eigenvalue weighted by molar-refractivity contribution is 0.122. The fourth-order valence-electron chi connectivity index (χ4n) is 4.51. The average molecular weight is 409 g/mol. The molecule has 0 spiro atoms. The molecule has 3 aromatic carbocycles. The van der Waals surface area contributed by atoms with E-state index in [9.17, 15) is 0 Å². The van der Waals surface area contributed by atoms with Crippen LogP contribution in [0.1, 0.15) is 17.2 Å². The first-order valence-corrected chi connectivity index (χ1v) is 10.7. The Balaban J connectivity index is 1.39. The van der Waals surface area contributed by atoms with Crippen molar-refractivity contribution >= 4 is 28.1 Å². The van der Waals surface area contributed by atoms with Gasteiger partial charge in [-0.1, -0.05) is 54.6 Å². The standard InChI is InChI=1S/C25H23N5O/c1-2-6-21-18(4-1)5-3-7-22(21)24-16-23(28-25-26-17-27-30(24)25)19-8-10-20(11-9-19)29-12-14-31-15-13-29/h1-11,16-17,24H,12-15H2,(H,26,27,28)/t24-/m1/s1. The van der Waals surface area contributed by atoms with Gasteiger partial charge in [0, 0.05) is 24.5 Å². The summed E-state index contributed by atoms with van der Waals surface area (Å²) in [7, 11) is 0. The maximum absolute atomic E-state index is 5.47. The van der Waals surface area contributed by atoms with Crippen molar-refractivity contribution in [2.24, 2.45) is 0 Å². The van der Waals surface area contributed by atoms with Crippen LogP contribution >= 0.6 is 0 Å². The zero-order chi connectivity index (χ0) is 20.6. The van der Waals surface area contributed by atoms with E-state index < -0.39 is 0 Å². The predicted octanol–water partition coefficient (Wildman–Crippen LogP) is 4.32. The van der Waals surface area contributed by atoms with Crippen molar-refractivity contribution in [2.45, 2.75) is 6.04 Å². The lowest BCUT2D eigenvalue weighted by Gasteiger charge is -2.29. The molecular weight excluding hydrogens is 386 g/mol. The molecule has 0 unspecified atom stereocenters. The molecular formula is C25H23N5O. The van der Waals surface area contributed by atoms with Crippen molar-refractivity contribution in [1.29, 1.82) is 0 Å². The summed E-state index contributed by atoms with van der Waals surface area (Å²) in [6.07, 6.45) is 3.85. The number of hydrogen-bond acceptors (Lipinski definition) is 5. The molecule has 2 aliphatic rings. The van der Waals surface area contributed by atoms with Gasteiger partial charge in [0.2, 0.25) is 5.95 Å².